The molecule has 1 fully saturated rings. The quantitative estimate of drug-likeness (QED) is 0.718. The molecule has 5 nitrogen and oxygen atoms in total. The summed E-state index contributed by atoms with van der Waals surface area (Å²) in [5, 5.41) is 14.7. The van der Waals surface area contributed by atoms with Crippen molar-refractivity contribution in [3.8, 4) is 0 Å². The second-order valence-corrected chi connectivity index (χ2v) is 6.67. The molecular weight excluding hydrogens is 354 g/mol. The monoisotopic (exact) mass is 374 g/mol. The smallest absolute Gasteiger partial charge is 0.306 e. The van der Waals surface area contributed by atoms with E-state index in [0.29, 0.717) is 37.1 Å². The Labute approximate surface area is 155 Å². The summed E-state index contributed by atoms with van der Waals surface area (Å²) in [5.74, 6) is -3.04. The summed E-state index contributed by atoms with van der Waals surface area (Å²) in [4.78, 5) is 23.6. The first kappa shape index (κ1) is 18.8. The van der Waals surface area contributed by atoms with Crippen LogP contribution in [0, 0.1) is 23.5 Å². The van der Waals surface area contributed by atoms with Crippen molar-refractivity contribution in [1.82, 2.24) is 0 Å². The van der Waals surface area contributed by atoms with Gasteiger partial charge < -0.3 is 15.7 Å². The molecule has 7 heteroatoms. The van der Waals surface area contributed by atoms with Crippen molar-refractivity contribution >= 4 is 28.9 Å². The van der Waals surface area contributed by atoms with Gasteiger partial charge in [-0.05, 0) is 49.9 Å². The third-order valence-corrected chi connectivity index (χ3v) is 4.83. The highest BCUT2D eigenvalue weighted by atomic mass is 19.1. The molecule has 3 N–H and O–H groups in total. The number of carboxylic acid groups (broad SMARTS) is 1. The molecule has 3 rings (SSSR count). The average Bonchev–Trinajstić information content (AvgIpc) is 2.65. The molecule has 0 spiro atoms. The van der Waals surface area contributed by atoms with Gasteiger partial charge in [0.2, 0.25) is 5.91 Å². The molecule has 0 atom stereocenters. The minimum absolute atomic E-state index is 0.0973. The van der Waals surface area contributed by atoms with Crippen LogP contribution < -0.4 is 10.6 Å². The average molecular weight is 374 g/mol. The van der Waals surface area contributed by atoms with Crippen molar-refractivity contribution in [3.05, 3.63) is 54.1 Å². The highest BCUT2D eigenvalue weighted by Crippen LogP contribution is 2.32. The van der Waals surface area contributed by atoms with E-state index in [2.05, 4.69) is 10.6 Å². The summed E-state index contributed by atoms with van der Waals surface area (Å²) < 4.78 is 26.9. The first-order valence-electron chi connectivity index (χ1n) is 8.79. The summed E-state index contributed by atoms with van der Waals surface area (Å²) in [7, 11) is 0. The van der Waals surface area contributed by atoms with Crippen LogP contribution in [0.1, 0.15) is 25.7 Å². The molecule has 0 aromatic heterocycles. The van der Waals surface area contributed by atoms with Gasteiger partial charge in [-0.1, -0.05) is 12.1 Å². The Morgan fingerprint density at radius 2 is 1.52 bits per heavy atom. The first-order valence-corrected chi connectivity index (χ1v) is 8.79. The van der Waals surface area contributed by atoms with E-state index >= 15 is 0 Å². The number of carbonyl (C=O) groups is 2. The van der Waals surface area contributed by atoms with Crippen LogP contribution in [0.5, 0.6) is 0 Å². The number of carboxylic acids is 1. The van der Waals surface area contributed by atoms with E-state index in [9.17, 15) is 18.4 Å². The number of hydrogen-bond acceptors (Lipinski definition) is 3. The van der Waals surface area contributed by atoms with Crippen molar-refractivity contribution < 1.29 is 23.5 Å². The van der Waals surface area contributed by atoms with Crippen LogP contribution in [-0.4, -0.2) is 17.0 Å². The predicted molar refractivity (Wildman–Crippen MR) is 97.8 cm³/mol. The van der Waals surface area contributed by atoms with Crippen LogP contribution in [-0.2, 0) is 9.59 Å². The Morgan fingerprint density at radius 1 is 0.889 bits per heavy atom. The molecule has 1 aliphatic rings. The van der Waals surface area contributed by atoms with Crippen LogP contribution in [0.3, 0.4) is 0 Å². The number of aliphatic carboxylic acids is 1. The lowest BCUT2D eigenvalue weighted by atomic mass is 9.81. The maximum Gasteiger partial charge on any atom is 0.306 e. The molecular formula is C20H20F2N2O3. The summed E-state index contributed by atoms with van der Waals surface area (Å²) in [6.45, 7) is 0. The standard InChI is InChI=1S/C20H20F2N2O3/c21-14-9-10-16(15(22)11-14)23-17-3-1-2-4-18(17)24-19(25)12-5-7-13(8-6-12)20(26)27/h1-4,9-13,23H,5-8H2,(H,24,25)(H,26,27). The lowest BCUT2D eigenvalue weighted by Crippen LogP contribution is -2.29. The predicted octanol–water partition coefficient (Wildman–Crippen LogP) is 4.54. The second-order valence-electron chi connectivity index (χ2n) is 6.67. The Bertz CT molecular complexity index is 849. The molecule has 1 saturated carbocycles. The number of anilines is 3. The summed E-state index contributed by atoms with van der Waals surface area (Å²) >= 11 is 0. The molecule has 0 bridgehead atoms. The van der Waals surface area contributed by atoms with Crippen molar-refractivity contribution in [1.29, 1.82) is 0 Å². The van der Waals surface area contributed by atoms with E-state index in [0.717, 1.165) is 12.1 Å². The van der Waals surface area contributed by atoms with E-state index in [1.165, 1.54) is 6.07 Å². The first-order chi connectivity index (χ1) is 12.9. The maximum absolute atomic E-state index is 13.9. The number of carbonyl (C=O) groups excluding carboxylic acids is 1. The fourth-order valence-electron chi connectivity index (χ4n) is 3.27. The van der Waals surface area contributed by atoms with Gasteiger partial charge in [0.05, 0.1) is 23.0 Å². The number of benzene rings is 2. The second kappa shape index (κ2) is 8.16. The Balaban J connectivity index is 1.69. The molecule has 2 aromatic carbocycles. The molecule has 0 heterocycles. The normalized spacial score (nSPS) is 19.3. The zero-order chi connectivity index (χ0) is 19.4. The summed E-state index contributed by atoms with van der Waals surface area (Å²) in [6.07, 6.45) is 2.00. The van der Waals surface area contributed by atoms with Gasteiger partial charge in [0.1, 0.15) is 11.6 Å². The highest BCUT2D eigenvalue weighted by Gasteiger charge is 2.30. The molecule has 0 unspecified atom stereocenters. The number of rotatable bonds is 5. The van der Waals surface area contributed by atoms with Crippen LogP contribution >= 0.6 is 0 Å². The van der Waals surface area contributed by atoms with Crippen LogP contribution in [0.25, 0.3) is 0 Å². The van der Waals surface area contributed by atoms with E-state index in [1.54, 1.807) is 24.3 Å². The Hall–Kier alpha value is -2.96. The van der Waals surface area contributed by atoms with Crippen LogP contribution in [0.2, 0.25) is 0 Å². The third-order valence-electron chi connectivity index (χ3n) is 4.83. The van der Waals surface area contributed by atoms with Crippen molar-refractivity contribution in [3.63, 3.8) is 0 Å². The van der Waals surface area contributed by atoms with Crippen molar-refractivity contribution in [2.75, 3.05) is 10.6 Å². The van der Waals surface area contributed by atoms with Gasteiger partial charge >= 0.3 is 5.97 Å². The Morgan fingerprint density at radius 3 is 2.15 bits per heavy atom. The number of halogens is 2. The minimum atomic E-state index is -0.815. The Kier molecular flexibility index (Phi) is 5.69. The summed E-state index contributed by atoms with van der Waals surface area (Å²) in [6, 6.07) is 10.1. The molecule has 1 aliphatic carbocycles. The highest BCUT2D eigenvalue weighted by molar-refractivity contribution is 5.96. The van der Waals surface area contributed by atoms with E-state index in [-0.39, 0.29) is 23.4 Å². The molecule has 1 amide bonds. The van der Waals surface area contributed by atoms with Gasteiger partial charge in [0.25, 0.3) is 0 Å². The largest absolute Gasteiger partial charge is 0.481 e. The van der Waals surface area contributed by atoms with Crippen LogP contribution in [0.4, 0.5) is 25.8 Å². The molecule has 0 aliphatic heterocycles. The minimum Gasteiger partial charge on any atom is -0.481 e. The molecule has 0 radical (unpaired) electrons. The molecule has 0 saturated heterocycles. The topological polar surface area (TPSA) is 78.4 Å². The SMILES string of the molecule is O=C(O)C1CCC(C(=O)Nc2ccccc2Nc2ccc(F)cc2F)CC1. The number of nitrogens with one attached hydrogen (secondary N) is 2. The fourth-order valence-corrected chi connectivity index (χ4v) is 3.27. The van der Waals surface area contributed by atoms with E-state index in [1.807, 2.05) is 0 Å². The number of hydrogen-bond donors (Lipinski definition) is 3. The lowest BCUT2D eigenvalue weighted by molar-refractivity contribution is -0.143. The lowest BCUT2D eigenvalue weighted by Gasteiger charge is -2.25. The van der Waals surface area contributed by atoms with Crippen LogP contribution in [0.15, 0.2) is 42.5 Å². The van der Waals surface area contributed by atoms with Crippen molar-refractivity contribution in [2.45, 2.75) is 25.7 Å². The molecule has 27 heavy (non-hydrogen) atoms. The maximum atomic E-state index is 13.9. The van der Waals surface area contributed by atoms with E-state index in [4.69, 9.17) is 5.11 Å². The summed E-state index contributed by atoms with van der Waals surface area (Å²) in [5.41, 5.74) is 1.06. The van der Waals surface area contributed by atoms with Crippen molar-refractivity contribution in [2.24, 2.45) is 11.8 Å². The van der Waals surface area contributed by atoms with Gasteiger partial charge in [-0.15, -0.1) is 0 Å². The van der Waals surface area contributed by atoms with Gasteiger partial charge in [-0.3, -0.25) is 9.59 Å². The fraction of sp³-hybridized carbons (Fsp3) is 0.300. The number of para-hydroxylation sites is 2. The van der Waals surface area contributed by atoms with E-state index < -0.39 is 17.6 Å². The van der Waals surface area contributed by atoms with Gasteiger partial charge in [0, 0.05) is 12.0 Å². The van der Waals surface area contributed by atoms with Gasteiger partial charge in [-0.2, -0.15) is 0 Å². The molecule has 2 aromatic rings. The zero-order valence-corrected chi connectivity index (χ0v) is 14.5. The molecule has 142 valence electrons. The van der Waals surface area contributed by atoms with Gasteiger partial charge in [-0.25, -0.2) is 8.78 Å². The zero-order valence-electron chi connectivity index (χ0n) is 14.5. The van der Waals surface area contributed by atoms with Gasteiger partial charge in [0.15, 0.2) is 0 Å². The number of amides is 1. The third kappa shape index (κ3) is 4.61.